The number of aromatic nitrogens is 1. The highest BCUT2D eigenvalue weighted by atomic mass is 19.4. The van der Waals surface area contributed by atoms with Gasteiger partial charge in [-0.05, 0) is 67.4 Å². The number of anilines is 1. The molecule has 10 heteroatoms. The van der Waals surface area contributed by atoms with Crippen molar-refractivity contribution in [1.29, 1.82) is 0 Å². The number of carboxylic acid groups (broad SMARTS) is 1. The second-order valence-electron chi connectivity index (χ2n) is 9.17. The van der Waals surface area contributed by atoms with Crippen molar-refractivity contribution >= 4 is 17.6 Å². The Bertz CT molecular complexity index is 1440. The molecule has 0 radical (unpaired) electrons. The molecule has 0 atom stereocenters. The lowest BCUT2D eigenvalue weighted by molar-refractivity contribution is -0.137. The molecule has 0 bridgehead atoms. The van der Waals surface area contributed by atoms with Gasteiger partial charge in [-0.15, -0.1) is 0 Å². The zero-order valence-corrected chi connectivity index (χ0v) is 21.3. The number of aliphatic carboxylic acids is 1. The Labute approximate surface area is 222 Å². The highest BCUT2D eigenvalue weighted by Crippen LogP contribution is 2.40. The van der Waals surface area contributed by atoms with Gasteiger partial charge in [0.25, 0.3) is 5.91 Å². The number of carbonyl (C=O) groups excluding carboxylic acids is 1. The molecule has 2 heterocycles. The van der Waals surface area contributed by atoms with Crippen molar-refractivity contribution in [2.24, 2.45) is 0 Å². The average Bonchev–Trinajstić information content (AvgIpc) is 3.54. The molecule has 39 heavy (non-hydrogen) atoms. The van der Waals surface area contributed by atoms with E-state index in [-0.39, 0.29) is 22.9 Å². The highest BCUT2D eigenvalue weighted by Gasteiger charge is 2.36. The van der Waals surface area contributed by atoms with E-state index in [2.05, 4.69) is 5.32 Å². The van der Waals surface area contributed by atoms with Gasteiger partial charge < -0.3 is 24.1 Å². The van der Waals surface area contributed by atoms with Crippen LogP contribution in [0.15, 0.2) is 77.6 Å². The molecule has 0 unspecified atom stereocenters. The summed E-state index contributed by atoms with van der Waals surface area (Å²) in [6.07, 6.45) is -2.38. The number of rotatable bonds is 10. The van der Waals surface area contributed by atoms with Crippen LogP contribution in [-0.2, 0) is 23.8 Å². The number of amides is 1. The van der Waals surface area contributed by atoms with E-state index in [1.165, 1.54) is 18.6 Å². The first-order valence-electron chi connectivity index (χ1n) is 12.2. The van der Waals surface area contributed by atoms with E-state index >= 15 is 0 Å². The topological polar surface area (TPSA) is 93.7 Å². The number of hydrogen-bond donors (Lipinski definition) is 2. The van der Waals surface area contributed by atoms with Crippen molar-refractivity contribution in [3.63, 3.8) is 0 Å². The van der Waals surface area contributed by atoms with Crippen molar-refractivity contribution in [2.45, 2.75) is 38.9 Å². The molecule has 0 saturated carbocycles. The van der Waals surface area contributed by atoms with E-state index in [1.807, 2.05) is 44.2 Å². The van der Waals surface area contributed by atoms with E-state index in [0.29, 0.717) is 24.3 Å². The van der Waals surface area contributed by atoms with Gasteiger partial charge in [0.05, 0.1) is 36.8 Å². The molecule has 2 aromatic carbocycles. The third kappa shape index (κ3) is 6.51. The van der Waals surface area contributed by atoms with Crippen LogP contribution in [0.5, 0.6) is 5.75 Å². The molecule has 0 aliphatic heterocycles. The zero-order valence-electron chi connectivity index (χ0n) is 21.3. The molecule has 0 aliphatic carbocycles. The fourth-order valence-electron chi connectivity index (χ4n) is 4.44. The predicted octanol–water partition coefficient (Wildman–Crippen LogP) is 6.85. The van der Waals surface area contributed by atoms with Crippen LogP contribution in [0.1, 0.15) is 47.2 Å². The number of ether oxygens (including phenoxy) is 1. The summed E-state index contributed by atoms with van der Waals surface area (Å²) in [5, 5.41) is 11.7. The second-order valence-corrected chi connectivity index (χ2v) is 9.17. The van der Waals surface area contributed by atoms with Crippen LogP contribution in [0.3, 0.4) is 0 Å². The number of alkyl halides is 3. The molecular formula is C29H27F3N2O5. The van der Waals surface area contributed by atoms with Crippen molar-refractivity contribution in [3.05, 3.63) is 95.7 Å². The predicted molar refractivity (Wildman–Crippen MR) is 139 cm³/mol. The molecule has 7 nitrogen and oxygen atoms in total. The van der Waals surface area contributed by atoms with Crippen LogP contribution < -0.4 is 10.1 Å². The quantitative estimate of drug-likeness (QED) is 0.230. The van der Waals surface area contributed by atoms with Gasteiger partial charge in [-0.3, -0.25) is 9.59 Å². The first-order chi connectivity index (χ1) is 18.5. The molecule has 0 spiro atoms. The molecule has 204 valence electrons. The molecule has 0 aliphatic rings. The lowest BCUT2D eigenvalue weighted by Crippen LogP contribution is -2.22. The Morgan fingerprint density at radius 3 is 2.44 bits per heavy atom. The monoisotopic (exact) mass is 540 g/mol. The van der Waals surface area contributed by atoms with Gasteiger partial charge in [0.1, 0.15) is 11.4 Å². The number of furan rings is 1. The van der Waals surface area contributed by atoms with Crippen LogP contribution >= 0.6 is 0 Å². The Morgan fingerprint density at radius 1 is 1.08 bits per heavy atom. The maximum absolute atomic E-state index is 14.1. The van der Waals surface area contributed by atoms with Crippen LogP contribution in [-0.4, -0.2) is 28.2 Å². The standard InChI is InChI=1S/C29H27F3N2O5/c1-18(2)34-21(11-13-39-22-6-4-3-5-7-22)8-9-26(34)28(37)33-25-14-20(15-27(35)36)23(19-10-12-38-17-19)16-24(25)29(30,31)32/h3-10,12,14,16-18H,11,13,15H2,1-2H3,(H,33,37)(H,35,36). The van der Waals surface area contributed by atoms with Crippen molar-refractivity contribution in [2.75, 3.05) is 11.9 Å². The number of para-hydroxylation sites is 1. The summed E-state index contributed by atoms with van der Waals surface area (Å²) in [6, 6.07) is 15.7. The summed E-state index contributed by atoms with van der Waals surface area (Å²) >= 11 is 0. The van der Waals surface area contributed by atoms with Crippen molar-refractivity contribution in [3.8, 4) is 16.9 Å². The average molecular weight is 541 g/mol. The first kappa shape index (κ1) is 27.6. The molecule has 4 rings (SSSR count). The van der Waals surface area contributed by atoms with Gasteiger partial charge in [0, 0.05) is 23.7 Å². The minimum atomic E-state index is -4.82. The van der Waals surface area contributed by atoms with Gasteiger partial charge in [-0.25, -0.2) is 0 Å². The summed E-state index contributed by atoms with van der Waals surface area (Å²) in [5.74, 6) is -1.27. The number of hydrogen-bond acceptors (Lipinski definition) is 4. The Kier molecular flexibility index (Phi) is 8.13. The smallest absolute Gasteiger partial charge is 0.418 e. The lowest BCUT2D eigenvalue weighted by Gasteiger charge is -2.20. The number of carbonyl (C=O) groups is 2. The number of carboxylic acids is 1. The van der Waals surface area contributed by atoms with E-state index in [0.717, 1.165) is 17.8 Å². The van der Waals surface area contributed by atoms with Gasteiger partial charge in [-0.1, -0.05) is 18.2 Å². The number of nitrogens with zero attached hydrogens (tertiary/aromatic N) is 1. The summed E-state index contributed by atoms with van der Waals surface area (Å²) in [6.45, 7) is 4.07. The van der Waals surface area contributed by atoms with Crippen molar-refractivity contribution in [1.82, 2.24) is 4.57 Å². The molecule has 2 N–H and O–H groups in total. The minimum Gasteiger partial charge on any atom is -0.493 e. The minimum absolute atomic E-state index is 0.0581. The molecule has 2 aromatic heterocycles. The third-order valence-corrected chi connectivity index (χ3v) is 6.09. The van der Waals surface area contributed by atoms with Gasteiger partial charge in [-0.2, -0.15) is 13.2 Å². The second kappa shape index (κ2) is 11.5. The fourth-order valence-corrected chi connectivity index (χ4v) is 4.44. The summed E-state index contributed by atoms with van der Waals surface area (Å²) in [5.41, 5.74) is -0.212. The number of benzene rings is 2. The van der Waals surface area contributed by atoms with Gasteiger partial charge >= 0.3 is 12.1 Å². The molecule has 0 saturated heterocycles. The fraction of sp³-hybridized carbons (Fsp3) is 0.241. The van der Waals surface area contributed by atoms with Crippen LogP contribution in [0.25, 0.3) is 11.1 Å². The molecule has 0 fully saturated rings. The van der Waals surface area contributed by atoms with Crippen LogP contribution in [0.2, 0.25) is 0 Å². The third-order valence-electron chi connectivity index (χ3n) is 6.09. The lowest BCUT2D eigenvalue weighted by atomic mass is 9.95. The van der Waals surface area contributed by atoms with E-state index < -0.39 is 35.7 Å². The highest BCUT2D eigenvalue weighted by molar-refractivity contribution is 6.04. The Morgan fingerprint density at radius 2 is 1.82 bits per heavy atom. The first-order valence-corrected chi connectivity index (χ1v) is 12.2. The van der Waals surface area contributed by atoms with E-state index in [9.17, 15) is 27.9 Å². The molecular weight excluding hydrogens is 513 g/mol. The van der Waals surface area contributed by atoms with Crippen LogP contribution in [0.4, 0.5) is 18.9 Å². The summed E-state index contributed by atoms with van der Waals surface area (Å²) in [7, 11) is 0. The SMILES string of the molecule is CC(C)n1c(CCOc2ccccc2)ccc1C(=O)Nc1cc(CC(=O)O)c(-c2ccoc2)cc1C(F)(F)F. The van der Waals surface area contributed by atoms with Gasteiger partial charge in [0.2, 0.25) is 0 Å². The molecule has 4 aromatic rings. The largest absolute Gasteiger partial charge is 0.493 e. The van der Waals surface area contributed by atoms with Crippen molar-refractivity contribution < 1.29 is 37.0 Å². The number of halogens is 3. The maximum Gasteiger partial charge on any atom is 0.418 e. The molecule has 1 amide bonds. The summed E-state index contributed by atoms with van der Waals surface area (Å²) < 4.78 is 54.8. The zero-order chi connectivity index (χ0) is 28.2. The van der Waals surface area contributed by atoms with E-state index in [1.54, 1.807) is 16.7 Å². The number of nitrogens with one attached hydrogen (secondary N) is 1. The summed E-state index contributed by atoms with van der Waals surface area (Å²) in [4.78, 5) is 24.8. The Hall–Kier alpha value is -4.47. The Balaban J connectivity index is 1.65. The maximum atomic E-state index is 14.1. The van der Waals surface area contributed by atoms with E-state index in [4.69, 9.17) is 9.15 Å². The van der Waals surface area contributed by atoms with Gasteiger partial charge in [0.15, 0.2) is 0 Å². The normalized spacial score (nSPS) is 11.5. The van der Waals surface area contributed by atoms with Crippen LogP contribution in [0, 0.1) is 0 Å².